The van der Waals surface area contributed by atoms with Crippen molar-refractivity contribution in [3.8, 4) is 0 Å². The number of hydrogen-bond donors (Lipinski definition) is 1. The number of thiazole rings is 1. The highest BCUT2D eigenvalue weighted by Crippen LogP contribution is 2.19. The summed E-state index contributed by atoms with van der Waals surface area (Å²) in [5.41, 5.74) is 2.68. The predicted molar refractivity (Wildman–Crippen MR) is 86.8 cm³/mol. The van der Waals surface area contributed by atoms with Gasteiger partial charge < -0.3 is 0 Å². The molecule has 4 nitrogen and oxygen atoms in total. The molecule has 0 saturated carbocycles. The van der Waals surface area contributed by atoms with E-state index in [0.29, 0.717) is 5.92 Å². The fraction of sp³-hybridized carbons (Fsp3) is 0.400. The fourth-order valence-electron chi connectivity index (χ4n) is 1.81. The van der Waals surface area contributed by atoms with Gasteiger partial charge in [0.15, 0.2) is 0 Å². The van der Waals surface area contributed by atoms with Crippen LogP contribution in [0.3, 0.4) is 0 Å². The van der Waals surface area contributed by atoms with Crippen LogP contribution in [0.5, 0.6) is 0 Å². The van der Waals surface area contributed by atoms with Crippen LogP contribution in [-0.2, 0) is 22.3 Å². The Morgan fingerprint density at radius 3 is 2.48 bits per heavy atom. The van der Waals surface area contributed by atoms with E-state index >= 15 is 0 Å². The van der Waals surface area contributed by atoms with Gasteiger partial charge in [0, 0.05) is 11.3 Å². The Balaban J connectivity index is 1.95. The summed E-state index contributed by atoms with van der Waals surface area (Å²) in [7, 11) is -3.34. The summed E-state index contributed by atoms with van der Waals surface area (Å²) in [6.07, 6.45) is 0. The molecule has 2 rings (SSSR count). The van der Waals surface area contributed by atoms with Crippen molar-refractivity contribution in [3.63, 3.8) is 0 Å². The third-order valence-electron chi connectivity index (χ3n) is 3.01. The number of nitrogens with one attached hydrogen (secondary N) is 1. The second kappa shape index (κ2) is 6.68. The van der Waals surface area contributed by atoms with Crippen molar-refractivity contribution < 1.29 is 8.42 Å². The first-order valence-electron chi connectivity index (χ1n) is 6.83. The van der Waals surface area contributed by atoms with E-state index in [1.165, 1.54) is 0 Å². The van der Waals surface area contributed by atoms with Crippen LogP contribution in [0.25, 0.3) is 0 Å². The molecule has 0 saturated heterocycles. The summed E-state index contributed by atoms with van der Waals surface area (Å²) in [6, 6.07) is 7.52. The van der Waals surface area contributed by atoms with E-state index in [0.717, 1.165) is 21.8 Å². The van der Waals surface area contributed by atoms with Crippen LogP contribution < -0.4 is 4.72 Å². The molecule has 0 fully saturated rings. The molecule has 1 aromatic carbocycles. The van der Waals surface area contributed by atoms with Crippen molar-refractivity contribution in [3.05, 3.63) is 51.5 Å². The molecular weight excluding hydrogens is 304 g/mol. The topological polar surface area (TPSA) is 59.1 Å². The first-order chi connectivity index (χ1) is 9.85. The Labute approximate surface area is 130 Å². The van der Waals surface area contributed by atoms with Gasteiger partial charge in [-0.15, -0.1) is 11.3 Å². The van der Waals surface area contributed by atoms with Gasteiger partial charge in [-0.2, -0.15) is 0 Å². The fourth-order valence-corrected chi connectivity index (χ4v) is 3.74. The Bertz CT molecular complexity index is 689. The van der Waals surface area contributed by atoms with Crippen molar-refractivity contribution in [2.45, 2.75) is 39.0 Å². The molecule has 2 aromatic rings. The van der Waals surface area contributed by atoms with Crippen LogP contribution in [0.1, 0.15) is 41.6 Å². The van der Waals surface area contributed by atoms with Gasteiger partial charge in [-0.1, -0.05) is 43.7 Å². The summed E-state index contributed by atoms with van der Waals surface area (Å²) in [5.74, 6) is 0.363. The van der Waals surface area contributed by atoms with E-state index in [-0.39, 0.29) is 12.3 Å². The molecule has 0 aliphatic carbocycles. The number of hydrogen-bond acceptors (Lipinski definition) is 4. The molecule has 1 heterocycles. The lowest BCUT2D eigenvalue weighted by Crippen LogP contribution is -2.24. The largest absolute Gasteiger partial charge is 0.245 e. The molecule has 0 bridgehead atoms. The average Bonchev–Trinajstić information content (AvgIpc) is 2.88. The van der Waals surface area contributed by atoms with E-state index in [9.17, 15) is 8.42 Å². The number of aromatic nitrogens is 1. The van der Waals surface area contributed by atoms with E-state index < -0.39 is 10.0 Å². The highest BCUT2D eigenvalue weighted by atomic mass is 32.2. The van der Waals surface area contributed by atoms with Crippen LogP contribution in [0.15, 0.2) is 29.6 Å². The molecule has 1 aromatic heterocycles. The lowest BCUT2D eigenvalue weighted by molar-refractivity contribution is 0.579. The maximum atomic E-state index is 12.1. The number of rotatable bonds is 6. The minimum Gasteiger partial charge on any atom is -0.245 e. The molecule has 6 heteroatoms. The minimum atomic E-state index is -3.34. The molecule has 0 amide bonds. The molecule has 1 N–H and O–H groups in total. The molecule has 21 heavy (non-hydrogen) atoms. The Hall–Kier alpha value is -1.24. The number of benzene rings is 1. The molecular formula is C15H20N2O2S2. The maximum Gasteiger partial charge on any atom is 0.216 e. The molecule has 0 radical (unpaired) electrons. The zero-order valence-electron chi connectivity index (χ0n) is 12.5. The standard InChI is InChI=1S/C15H20N2O2S2/c1-11(2)15-17-14(9-20-15)8-16-21(18,19)10-13-6-4-12(3)5-7-13/h4-7,9,11,16H,8,10H2,1-3H3. The smallest absolute Gasteiger partial charge is 0.216 e. The van der Waals surface area contributed by atoms with Crippen LogP contribution in [-0.4, -0.2) is 13.4 Å². The van der Waals surface area contributed by atoms with Crippen molar-refractivity contribution in [2.75, 3.05) is 0 Å². The van der Waals surface area contributed by atoms with Crippen molar-refractivity contribution in [2.24, 2.45) is 0 Å². The molecule has 0 aliphatic heterocycles. The van der Waals surface area contributed by atoms with Gasteiger partial charge in [0.25, 0.3) is 0 Å². The number of aryl methyl sites for hydroxylation is 1. The third-order valence-corrected chi connectivity index (χ3v) is 5.51. The van der Waals surface area contributed by atoms with Gasteiger partial charge in [-0.05, 0) is 12.5 Å². The summed E-state index contributed by atoms with van der Waals surface area (Å²) in [5, 5.41) is 2.94. The van der Waals surface area contributed by atoms with E-state index in [1.54, 1.807) is 11.3 Å². The Morgan fingerprint density at radius 1 is 1.24 bits per heavy atom. The third kappa shape index (κ3) is 4.91. The second-order valence-electron chi connectivity index (χ2n) is 5.40. The first kappa shape index (κ1) is 16.1. The highest BCUT2D eigenvalue weighted by Gasteiger charge is 2.13. The van der Waals surface area contributed by atoms with Gasteiger partial charge in [-0.3, -0.25) is 0 Å². The van der Waals surface area contributed by atoms with Crippen molar-refractivity contribution in [1.29, 1.82) is 0 Å². The van der Waals surface area contributed by atoms with Crippen LogP contribution in [0.4, 0.5) is 0 Å². The zero-order valence-corrected chi connectivity index (χ0v) is 14.1. The maximum absolute atomic E-state index is 12.1. The lowest BCUT2D eigenvalue weighted by Gasteiger charge is -2.06. The van der Waals surface area contributed by atoms with E-state index in [2.05, 4.69) is 23.6 Å². The second-order valence-corrected chi connectivity index (χ2v) is 8.09. The summed E-state index contributed by atoms with van der Waals surface area (Å²) < 4.78 is 26.7. The average molecular weight is 324 g/mol. The molecule has 0 spiro atoms. The molecule has 0 aliphatic rings. The van der Waals surface area contributed by atoms with Crippen LogP contribution in [0, 0.1) is 6.92 Å². The van der Waals surface area contributed by atoms with Gasteiger partial charge in [0.2, 0.25) is 10.0 Å². The summed E-state index contributed by atoms with van der Waals surface area (Å²) >= 11 is 1.57. The van der Waals surface area contributed by atoms with Crippen molar-refractivity contribution in [1.82, 2.24) is 9.71 Å². The van der Waals surface area contributed by atoms with Crippen LogP contribution in [0.2, 0.25) is 0 Å². The molecule has 0 atom stereocenters. The van der Waals surface area contributed by atoms with E-state index in [4.69, 9.17) is 0 Å². The molecule has 0 unspecified atom stereocenters. The van der Waals surface area contributed by atoms with Crippen LogP contribution >= 0.6 is 11.3 Å². The van der Waals surface area contributed by atoms with Gasteiger partial charge in [0.1, 0.15) is 0 Å². The minimum absolute atomic E-state index is 0.00550. The van der Waals surface area contributed by atoms with Crippen molar-refractivity contribution >= 4 is 21.4 Å². The summed E-state index contributed by atoms with van der Waals surface area (Å²) in [6.45, 7) is 6.37. The normalized spacial score (nSPS) is 12.0. The predicted octanol–water partition coefficient (Wildman–Crippen LogP) is 3.19. The van der Waals surface area contributed by atoms with Gasteiger partial charge >= 0.3 is 0 Å². The Kier molecular flexibility index (Phi) is 5.13. The molecule has 114 valence electrons. The van der Waals surface area contributed by atoms with E-state index in [1.807, 2.05) is 36.6 Å². The lowest BCUT2D eigenvalue weighted by atomic mass is 10.2. The Morgan fingerprint density at radius 2 is 1.90 bits per heavy atom. The monoisotopic (exact) mass is 324 g/mol. The summed E-state index contributed by atoms with van der Waals surface area (Å²) in [4.78, 5) is 4.42. The highest BCUT2D eigenvalue weighted by molar-refractivity contribution is 7.88. The van der Waals surface area contributed by atoms with Gasteiger partial charge in [0.05, 0.1) is 23.0 Å². The quantitative estimate of drug-likeness (QED) is 0.887. The first-order valence-corrected chi connectivity index (χ1v) is 9.36. The number of sulfonamides is 1. The number of nitrogens with zero attached hydrogens (tertiary/aromatic N) is 1. The SMILES string of the molecule is Cc1ccc(CS(=O)(=O)NCc2csc(C(C)C)n2)cc1. The zero-order chi connectivity index (χ0) is 15.5. The van der Waals surface area contributed by atoms with Gasteiger partial charge in [-0.25, -0.2) is 18.1 Å².